The number of rotatable bonds is 16. The highest BCUT2D eigenvalue weighted by atomic mass is 79.9. The lowest BCUT2D eigenvalue weighted by atomic mass is 10.1. The number of alkyl halides is 2. The number of methoxy groups -OCH3 is 2. The van der Waals surface area contributed by atoms with Crippen LogP contribution < -0.4 is 0 Å². The quantitative estimate of drug-likeness (QED) is 0.0806. The number of hydrogen-bond acceptors (Lipinski definition) is 9. The molecule has 0 aromatic carbocycles. The molecule has 10 nitrogen and oxygen atoms in total. The number of piperidine rings is 1. The summed E-state index contributed by atoms with van der Waals surface area (Å²) in [5.74, 6) is -0.523. The first-order chi connectivity index (χ1) is 19.5. The van der Waals surface area contributed by atoms with E-state index in [0.717, 1.165) is 95.2 Å². The van der Waals surface area contributed by atoms with E-state index in [1.807, 2.05) is 0 Å². The number of carboxylic acid groups (broad SMARTS) is 1. The zero-order chi connectivity index (χ0) is 32.3. The number of ketones is 1. The maximum absolute atomic E-state index is 11.0. The summed E-state index contributed by atoms with van der Waals surface area (Å²) in [6.07, 6.45) is 11.9. The van der Waals surface area contributed by atoms with Gasteiger partial charge in [-0.15, -0.1) is 0 Å². The first kappa shape index (κ1) is 47.6. The molecule has 0 aromatic rings. The summed E-state index contributed by atoms with van der Waals surface area (Å²) in [4.78, 5) is 44.7. The Morgan fingerprint density at radius 3 is 1.49 bits per heavy atom. The van der Waals surface area contributed by atoms with E-state index in [4.69, 9.17) is 14.4 Å². The number of aliphatic hydroxyl groups is 1. The molecule has 1 saturated heterocycles. The van der Waals surface area contributed by atoms with Crippen LogP contribution in [0.5, 0.6) is 0 Å². The van der Waals surface area contributed by atoms with Crippen LogP contribution in [0.3, 0.4) is 0 Å². The van der Waals surface area contributed by atoms with Crippen molar-refractivity contribution in [3.05, 3.63) is 0 Å². The molecule has 1 fully saturated rings. The molecular formula is C26H49Br2Cl2NO9S. The Balaban J connectivity index is -0.000000238. The zero-order valence-electron chi connectivity index (χ0n) is 24.6. The second-order valence-corrected chi connectivity index (χ2v) is 12.5. The highest BCUT2D eigenvalue weighted by Gasteiger charge is 2.15. The van der Waals surface area contributed by atoms with Crippen LogP contribution in [-0.2, 0) is 37.9 Å². The molecule has 15 heteroatoms. The Kier molecular flexibility index (Phi) is 46.1. The highest BCUT2D eigenvalue weighted by Crippen LogP contribution is 2.08. The van der Waals surface area contributed by atoms with E-state index in [1.54, 1.807) is 0 Å². The summed E-state index contributed by atoms with van der Waals surface area (Å²) >= 11 is 6.59. The molecule has 0 saturated carbocycles. The van der Waals surface area contributed by atoms with Gasteiger partial charge < -0.3 is 24.6 Å². The molecule has 2 N–H and O–H groups in total. The van der Waals surface area contributed by atoms with Crippen molar-refractivity contribution in [1.29, 1.82) is 0 Å². The smallest absolute Gasteiger partial charge is 0.305 e. The van der Waals surface area contributed by atoms with Crippen molar-refractivity contribution < 1.29 is 43.1 Å². The standard InChI is InChI=1S/C12H21NO3.C7H13BrO2.C6H11BrO2.CH4O.Cl2OS/c1-16-12(15)5-3-2-4-8-13-9-6-11(14)7-10-13;1-10-7(9)5-3-2-4-6-8;7-5-3-1-2-4-6(8)9;1-2;1-4(2)3/h2-10H2,1H3;2-6H2,1H3;1-5H2,(H,8,9);2H,1H3;. The minimum atomic E-state index is -1.67. The molecule has 246 valence electrons. The molecule has 1 aliphatic rings. The van der Waals surface area contributed by atoms with Crippen molar-refractivity contribution in [1.82, 2.24) is 4.90 Å². The van der Waals surface area contributed by atoms with Crippen LogP contribution in [0.2, 0.25) is 0 Å². The molecule has 1 rings (SSSR count). The van der Waals surface area contributed by atoms with Crippen LogP contribution in [0.4, 0.5) is 0 Å². The lowest BCUT2D eigenvalue weighted by Crippen LogP contribution is -2.34. The number of Topliss-reactive ketones (excluding diaryl/α,β-unsaturated/α-hetero) is 1. The number of esters is 2. The van der Waals surface area contributed by atoms with Crippen molar-refractivity contribution in [2.45, 2.75) is 89.9 Å². The highest BCUT2D eigenvalue weighted by molar-refractivity contribution is 9.09. The SMILES string of the molecule is CO.COC(=O)CCCCCBr.COC(=O)CCCCCN1CCC(=O)CC1.O=C(O)CCCCCBr.O=S(Cl)Cl. The molecule has 0 unspecified atom stereocenters. The van der Waals surface area contributed by atoms with E-state index in [9.17, 15) is 19.2 Å². The minimum Gasteiger partial charge on any atom is -0.481 e. The first-order valence-corrected chi connectivity index (χ1v) is 18.5. The zero-order valence-corrected chi connectivity index (χ0v) is 30.1. The number of carboxylic acids is 1. The van der Waals surface area contributed by atoms with E-state index in [2.05, 4.69) is 67.6 Å². The van der Waals surface area contributed by atoms with E-state index >= 15 is 0 Å². The maximum Gasteiger partial charge on any atom is 0.305 e. The number of unbranched alkanes of at least 4 members (excludes halogenated alkanes) is 6. The number of likely N-dealkylation sites (tertiary alicyclic amines) is 1. The Morgan fingerprint density at radius 1 is 0.780 bits per heavy atom. The van der Waals surface area contributed by atoms with Gasteiger partial charge in [0.1, 0.15) is 5.78 Å². The van der Waals surface area contributed by atoms with Gasteiger partial charge in [-0.05, 0) is 45.1 Å². The van der Waals surface area contributed by atoms with Crippen LogP contribution in [-0.4, -0.2) is 94.6 Å². The predicted molar refractivity (Wildman–Crippen MR) is 173 cm³/mol. The van der Waals surface area contributed by atoms with Gasteiger partial charge in [0.25, 0.3) is 0 Å². The number of halogens is 4. The van der Waals surface area contributed by atoms with E-state index in [-0.39, 0.29) is 11.9 Å². The molecule has 0 amide bonds. The van der Waals surface area contributed by atoms with E-state index in [0.29, 0.717) is 37.9 Å². The number of ether oxygens (including phenoxy) is 2. The third-order valence-corrected chi connectivity index (χ3v) is 6.38. The Hall–Kier alpha value is -0.310. The fourth-order valence-corrected chi connectivity index (χ4v) is 3.89. The lowest BCUT2D eigenvalue weighted by Gasteiger charge is -2.25. The number of carbonyl (C=O) groups is 4. The van der Waals surface area contributed by atoms with Gasteiger partial charge in [0, 0.05) is 84.3 Å². The largest absolute Gasteiger partial charge is 0.481 e. The minimum absolute atomic E-state index is 0.102. The van der Waals surface area contributed by atoms with Gasteiger partial charge in [0.15, 0.2) is 0 Å². The van der Waals surface area contributed by atoms with Crippen molar-refractivity contribution in [3.8, 4) is 0 Å². The summed E-state index contributed by atoms with van der Waals surface area (Å²) in [7, 11) is 11.2. The summed E-state index contributed by atoms with van der Waals surface area (Å²) < 4.78 is 18.1. The summed E-state index contributed by atoms with van der Waals surface area (Å²) in [5.41, 5.74) is 0. The van der Waals surface area contributed by atoms with Gasteiger partial charge in [-0.25, -0.2) is 4.21 Å². The first-order valence-electron chi connectivity index (χ1n) is 13.4. The molecular weight excluding hydrogens is 733 g/mol. The normalized spacial score (nSPS) is 12.2. The van der Waals surface area contributed by atoms with Crippen LogP contribution in [0.15, 0.2) is 0 Å². The van der Waals surface area contributed by atoms with Gasteiger partial charge in [-0.1, -0.05) is 51.1 Å². The average Bonchev–Trinajstić information content (AvgIpc) is 2.95. The van der Waals surface area contributed by atoms with Crippen molar-refractivity contribution in [2.24, 2.45) is 0 Å². The number of carbonyl (C=O) groups excluding carboxylic acids is 3. The van der Waals surface area contributed by atoms with Crippen LogP contribution in [0.1, 0.15) is 89.9 Å². The number of nitrogens with zero attached hydrogens (tertiary/aromatic N) is 1. The Bertz CT molecular complexity index is 652. The Morgan fingerprint density at radius 2 is 1.15 bits per heavy atom. The molecule has 0 spiro atoms. The fourth-order valence-electron chi connectivity index (χ4n) is 3.10. The number of aliphatic carboxylic acids is 1. The number of hydrogen-bond donors (Lipinski definition) is 2. The molecule has 0 atom stereocenters. The number of aliphatic hydroxyl groups excluding tert-OH is 1. The third-order valence-electron chi connectivity index (χ3n) is 5.26. The van der Waals surface area contributed by atoms with Gasteiger partial charge in [-0.2, -0.15) is 0 Å². The lowest BCUT2D eigenvalue weighted by molar-refractivity contribution is -0.141. The molecule has 0 bridgehead atoms. The van der Waals surface area contributed by atoms with E-state index < -0.39 is 15.2 Å². The summed E-state index contributed by atoms with van der Waals surface area (Å²) in [6, 6.07) is 0. The van der Waals surface area contributed by atoms with Crippen LogP contribution in [0, 0.1) is 0 Å². The second kappa shape index (κ2) is 39.7. The van der Waals surface area contributed by atoms with Crippen LogP contribution >= 0.6 is 53.2 Å². The topological polar surface area (TPSA) is 148 Å². The molecule has 1 aliphatic heterocycles. The average molecular weight is 782 g/mol. The third kappa shape index (κ3) is 49.7. The molecule has 0 aromatic heterocycles. The van der Waals surface area contributed by atoms with Crippen molar-refractivity contribution >= 4 is 86.1 Å². The monoisotopic (exact) mass is 779 g/mol. The van der Waals surface area contributed by atoms with Gasteiger partial charge in [0.05, 0.1) is 14.2 Å². The van der Waals surface area contributed by atoms with Crippen molar-refractivity contribution in [3.63, 3.8) is 0 Å². The van der Waals surface area contributed by atoms with Gasteiger partial charge in [0.2, 0.25) is 9.23 Å². The fraction of sp³-hybridized carbons (Fsp3) is 0.846. The molecule has 41 heavy (non-hydrogen) atoms. The van der Waals surface area contributed by atoms with Crippen molar-refractivity contribution in [2.75, 3.05) is 51.6 Å². The second-order valence-electron chi connectivity index (χ2n) is 8.42. The molecule has 0 aliphatic carbocycles. The molecule has 0 radical (unpaired) electrons. The van der Waals surface area contributed by atoms with Crippen LogP contribution in [0.25, 0.3) is 0 Å². The summed E-state index contributed by atoms with van der Waals surface area (Å²) in [6.45, 7) is 2.88. The van der Waals surface area contributed by atoms with Gasteiger partial charge in [-0.3, -0.25) is 19.2 Å². The molecule has 1 heterocycles. The predicted octanol–water partition coefficient (Wildman–Crippen LogP) is 6.18. The van der Waals surface area contributed by atoms with E-state index in [1.165, 1.54) is 14.2 Å². The maximum atomic E-state index is 11.0. The Labute approximate surface area is 274 Å². The summed E-state index contributed by atoms with van der Waals surface area (Å²) in [5, 5.41) is 17.2. The van der Waals surface area contributed by atoms with Gasteiger partial charge >= 0.3 is 17.9 Å².